The third-order valence-electron chi connectivity index (χ3n) is 2.24. The topological polar surface area (TPSA) is 84.2 Å². The highest BCUT2D eigenvalue weighted by Crippen LogP contribution is 2.19. The molecule has 0 radical (unpaired) electrons. The van der Waals surface area contributed by atoms with Gasteiger partial charge in [-0.3, -0.25) is 9.48 Å². The number of aryl methyl sites for hydroxylation is 1. The van der Waals surface area contributed by atoms with Crippen LogP contribution in [0, 0.1) is 0 Å². The molecule has 0 unspecified atom stereocenters. The fraction of sp³-hybridized carbons (Fsp3) is 0.444. The summed E-state index contributed by atoms with van der Waals surface area (Å²) in [5.74, 6) is -1.39. The Balaban J connectivity index is 2.17. The maximum atomic E-state index is 11.5. The number of carboxylic acids is 1. The van der Waals surface area contributed by atoms with Crippen molar-refractivity contribution in [2.45, 2.75) is 18.9 Å². The molecule has 0 aromatic carbocycles. The molecule has 1 fully saturated rings. The van der Waals surface area contributed by atoms with Crippen LogP contribution in [0.2, 0.25) is 0 Å². The molecule has 1 amide bonds. The van der Waals surface area contributed by atoms with E-state index in [4.69, 9.17) is 5.11 Å². The van der Waals surface area contributed by atoms with E-state index in [1.807, 2.05) is 0 Å². The van der Waals surface area contributed by atoms with Gasteiger partial charge >= 0.3 is 5.97 Å². The van der Waals surface area contributed by atoms with Gasteiger partial charge in [-0.1, -0.05) is 0 Å². The summed E-state index contributed by atoms with van der Waals surface area (Å²) < 4.78 is 1.18. The minimum atomic E-state index is -1.09. The lowest BCUT2D eigenvalue weighted by Crippen LogP contribution is -2.25. The molecular formula is C9H11N3O3. The zero-order valence-electron chi connectivity index (χ0n) is 8.23. The van der Waals surface area contributed by atoms with Crippen molar-refractivity contribution < 1.29 is 14.7 Å². The largest absolute Gasteiger partial charge is 0.477 e. The van der Waals surface area contributed by atoms with Crippen LogP contribution in [0.4, 0.5) is 0 Å². The molecule has 1 heterocycles. The zero-order valence-corrected chi connectivity index (χ0v) is 8.23. The highest BCUT2D eigenvalue weighted by Gasteiger charge is 2.25. The van der Waals surface area contributed by atoms with E-state index in [1.165, 1.54) is 17.8 Å². The predicted molar refractivity (Wildman–Crippen MR) is 50.7 cm³/mol. The van der Waals surface area contributed by atoms with E-state index < -0.39 is 5.97 Å². The van der Waals surface area contributed by atoms with E-state index in [2.05, 4.69) is 10.4 Å². The van der Waals surface area contributed by atoms with Gasteiger partial charge < -0.3 is 10.4 Å². The van der Waals surface area contributed by atoms with Crippen LogP contribution < -0.4 is 5.32 Å². The lowest BCUT2D eigenvalue weighted by atomic mass is 10.3. The van der Waals surface area contributed by atoms with Gasteiger partial charge in [0, 0.05) is 19.2 Å². The van der Waals surface area contributed by atoms with Crippen LogP contribution in [-0.2, 0) is 7.05 Å². The Bertz CT molecular complexity index is 420. The summed E-state index contributed by atoms with van der Waals surface area (Å²) in [7, 11) is 1.50. The summed E-state index contributed by atoms with van der Waals surface area (Å²) in [6.07, 6.45) is 1.98. The smallest absolute Gasteiger partial charge is 0.354 e. The van der Waals surface area contributed by atoms with Crippen LogP contribution in [0.3, 0.4) is 0 Å². The van der Waals surface area contributed by atoms with Gasteiger partial charge in [0.25, 0.3) is 5.91 Å². The van der Waals surface area contributed by atoms with E-state index in [1.54, 1.807) is 0 Å². The molecule has 6 heteroatoms. The lowest BCUT2D eigenvalue weighted by molar-refractivity contribution is 0.0684. The van der Waals surface area contributed by atoms with Gasteiger partial charge in [0.15, 0.2) is 5.69 Å². The quantitative estimate of drug-likeness (QED) is 0.734. The number of hydrogen-bond donors (Lipinski definition) is 2. The monoisotopic (exact) mass is 209 g/mol. The average molecular weight is 209 g/mol. The molecule has 0 atom stereocenters. The first-order chi connectivity index (χ1) is 7.08. The van der Waals surface area contributed by atoms with Crippen molar-refractivity contribution in [1.29, 1.82) is 0 Å². The zero-order chi connectivity index (χ0) is 11.0. The minimum Gasteiger partial charge on any atom is -0.477 e. The number of nitrogens with zero attached hydrogens (tertiary/aromatic N) is 2. The van der Waals surface area contributed by atoms with Gasteiger partial charge in [-0.15, -0.1) is 0 Å². The van der Waals surface area contributed by atoms with Crippen molar-refractivity contribution in [1.82, 2.24) is 15.1 Å². The molecular weight excluding hydrogens is 198 g/mol. The maximum Gasteiger partial charge on any atom is 0.354 e. The number of carbonyl (C=O) groups excluding carboxylic acids is 1. The van der Waals surface area contributed by atoms with Crippen molar-refractivity contribution in [2.24, 2.45) is 7.05 Å². The second-order valence-electron chi connectivity index (χ2n) is 3.59. The Morgan fingerprint density at radius 1 is 1.60 bits per heavy atom. The van der Waals surface area contributed by atoms with Gasteiger partial charge in [-0.2, -0.15) is 5.10 Å². The maximum absolute atomic E-state index is 11.5. The normalized spacial score (nSPS) is 15.0. The van der Waals surface area contributed by atoms with Crippen molar-refractivity contribution in [3.63, 3.8) is 0 Å². The summed E-state index contributed by atoms with van der Waals surface area (Å²) in [4.78, 5) is 22.2. The number of nitrogens with one attached hydrogen (secondary N) is 1. The second kappa shape index (κ2) is 3.38. The Labute approximate surface area is 85.9 Å². The van der Waals surface area contributed by atoms with Crippen LogP contribution in [-0.4, -0.2) is 32.8 Å². The number of carboxylic acid groups (broad SMARTS) is 1. The van der Waals surface area contributed by atoms with Crippen molar-refractivity contribution in [3.05, 3.63) is 17.5 Å². The number of aromatic nitrogens is 2. The molecule has 15 heavy (non-hydrogen) atoms. The first kappa shape index (κ1) is 9.70. The van der Waals surface area contributed by atoms with E-state index in [-0.39, 0.29) is 23.3 Å². The van der Waals surface area contributed by atoms with Gasteiger partial charge in [0.2, 0.25) is 0 Å². The fourth-order valence-electron chi connectivity index (χ4n) is 1.27. The Morgan fingerprint density at radius 3 is 2.73 bits per heavy atom. The highest BCUT2D eigenvalue weighted by atomic mass is 16.4. The molecule has 80 valence electrons. The van der Waals surface area contributed by atoms with Gasteiger partial charge in [0.05, 0.1) is 0 Å². The van der Waals surface area contributed by atoms with Crippen LogP contribution in [0.15, 0.2) is 6.07 Å². The minimum absolute atomic E-state index is 0.0101. The summed E-state index contributed by atoms with van der Waals surface area (Å²) in [5, 5.41) is 15.3. The van der Waals surface area contributed by atoms with Crippen LogP contribution >= 0.6 is 0 Å². The summed E-state index contributed by atoms with van der Waals surface area (Å²) in [6, 6.07) is 1.52. The Kier molecular flexibility index (Phi) is 2.18. The van der Waals surface area contributed by atoms with E-state index >= 15 is 0 Å². The second-order valence-corrected chi connectivity index (χ2v) is 3.59. The molecule has 1 aliphatic carbocycles. The molecule has 2 rings (SSSR count). The van der Waals surface area contributed by atoms with Gasteiger partial charge in [0.1, 0.15) is 5.69 Å². The average Bonchev–Trinajstić information content (AvgIpc) is 2.86. The standard InChI is InChI=1S/C9H11N3O3/c1-12-7(9(14)15)4-6(11-12)8(13)10-5-2-3-5/h4-5H,2-3H2,1H3,(H,10,13)(H,14,15). The Hall–Kier alpha value is -1.85. The van der Waals surface area contributed by atoms with E-state index in [0.717, 1.165) is 12.8 Å². The molecule has 6 nitrogen and oxygen atoms in total. The van der Waals surface area contributed by atoms with E-state index in [0.29, 0.717) is 0 Å². The van der Waals surface area contributed by atoms with Crippen molar-refractivity contribution >= 4 is 11.9 Å². The molecule has 1 aromatic rings. The number of amides is 1. The van der Waals surface area contributed by atoms with Crippen molar-refractivity contribution in [2.75, 3.05) is 0 Å². The first-order valence-corrected chi connectivity index (χ1v) is 4.66. The first-order valence-electron chi connectivity index (χ1n) is 4.66. The summed E-state index contributed by atoms with van der Waals surface area (Å²) in [6.45, 7) is 0. The molecule has 0 spiro atoms. The van der Waals surface area contributed by atoms with Crippen LogP contribution in [0.1, 0.15) is 33.8 Å². The third kappa shape index (κ3) is 1.98. The summed E-state index contributed by atoms with van der Waals surface area (Å²) >= 11 is 0. The molecule has 1 saturated carbocycles. The van der Waals surface area contributed by atoms with Gasteiger partial charge in [-0.05, 0) is 12.8 Å². The number of rotatable bonds is 3. The van der Waals surface area contributed by atoms with E-state index in [9.17, 15) is 9.59 Å². The lowest BCUT2D eigenvalue weighted by Gasteiger charge is -1.97. The molecule has 1 aliphatic rings. The number of hydrogen-bond acceptors (Lipinski definition) is 3. The molecule has 0 bridgehead atoms. The van der Waals surface area contributed by atoms with Crippen molar-refractivity contribution in [3.8, 4) is 0 Å². The Morgan fingerprint density at radius 2 is 2.27 bits per heavy atom. The van der Waals surface area contributed by atoms with Gasteiger partial charge in [-0.25, -0.2) is 4.79 Å². The molecule has 0 aliphatic heterocycles. The fourth-order valence-corrected chi connectivity index (χ4v) is 1.27. The molecule has 1 aromatic heterocycles. The highest BCUT2D eigenvalue weighted by molar-refractivity contribution is 5.95. The number of aromatic carboxylic acids is 1. The molecule has 2 N–H and O–H groups in total. The SMILES string of the molecule is Cn1nc(C(=O)NC2CC2)cc1C(=O)O. The summed E-state index contributed by atoms with van der Waals surface area (Å²) in [5.41, 5.74) is 0.165. The molecule has 0 saturated heterocycles. The predicted octanol–water partition coefficient (Wildman–Crippen LogP) is 0.0105. The third-order valence-corrected chi connectivity index (χ3v) is 2.24. The van der Waals surface area contributed by atoms with Crippen LogP contribution in [0.5, 0.6) is 0 Å². The number of carbonyl (C=O) groups is 2. The van der Waals surface area contributed by atoms with Crippen LogP contribution in [0.25, 0.3) is 0 Å².